The molecule has 0 spiro atoms. The maximum Gasteiger partial charge on any atom is 0.239 e. The molecule has 2 aromatic rings. The Bertz CT molecular complexity index is 773. The van der Waals surface area contributed by atoms with Crippen molar-refractivity contribution in [3.05, 3.63) is 47.2 Å². The van der Waals surface area contributed by atoms with Gasteiger partial charge in [0.1, 0.15) is 6.04 Å². The van der Waals surface area contributed by atoms with Crippen LogP contribution in [-0.4, -0.2) is 40.8 Å². The zero-order chi connectivity index (χ0) is 17.4. The van der Waals surface area contributed by atoms with E-state index in [2.05, 4.69) is 34.5 Å². The molecule has 0 bridgehead atoms. The normalized spacial score (nSPS) is 25.4. The minimum absolute atomic E-state index is 0.00835. The van der Waals surface area contributed by atoms with Crippen LogP contribution in [0.3, 0.4) is 0 Å². The maximum atomic E-state index is 11.9. The van der Waals surface area contributed by atoms with Gasteiger partial charge in [-0.3, -0.25) is 4.79 Å². The predicted octanol–water partition coefficient (Wildman–Crippen LogP) is 2.65. The molecule has 1 aromatic carbocycles. The third-order valence-electron chi connectivity index (χ3n) is 5.45. The lowest BCUT2D eigenvalue weighted by atomic mass is 9.98. The fourth-order valence-electron chi connectivity index (χ4n) is 4.10. The summed E-state index contributed by atoms with van der Waals surface area (Å²) >= 11 is 0. The average molecular weight is 341 g/mol. The van der Waals surface area contributed by atoms with Crippen LogP contribution in [-0.2, 0) is 22.4 Å². The molecule has 0 unspecified atom stereocenters. The number of benzene rings is 1. The molecule has 6 heteroatoms. The molecule has 3 atom stereocenters. The molecule has 0 saturated carbocycles. The Hall–Kier alpha value is -2.21. The van der Waals surface area contributed by atoms with Gasteiger partial charge in [-0.25, -0.2) is 0 Å². The van der Waals surface area contributed by atoms with Crippen LogP contribution < -0.4 is 0 Å². The lowest BCUT2D eigenvalue weighted by Crippen LogP contribution is -2.29. The molecule has 6 nitrogen and oxygen atoms in total. The highest BCUT2D eigenvalue weighted by Gasteiger charge is 2.38. The molecular formula is C19H23N3O3. The lowest BCUT2D eigenvalue weighted by Gasteiger charge is -2.19. The largest absolute Gasteiger partial charge is 0.423 e. The molecule has 4 rings (SSSR count). The molecule has 25 heavy (non-hydrogen) atoms. The van der Waals surface area contributed by atoms with Gasteiger partial charge in [0.2, 0.25) is 17.7 Å². The van der Waals surface area contributed by atoms with Crippen molar-refractivity contribution in [2.24, 2.45) is 0 Å². The van der Waals surface area contributed by atoms with Crippen molar-refractivity contribution in [1.29, 1.82) is 0 Å². The third kappa shape index (κ3) is 3.06. The van der Waals surface area contributed by atoms with E-state index >= 15 is 0 Å². The zero-order valence-corrected chi connectivity index (χ0v) is 14.6. The third-order valence-corrected chi connectivity index (χ3v) is 5.45. The Morgan fingerprint density at radius 3 is 3.00 bits per heavy atom. The van der Waals surface area contributed by atoms with E-state index in [-0.39, 0.29) is 18.1 Å². The minimum atomic E-state index is -0.181. The first kappa shape index (κ1) is 16.3. The number of rotatable bonds is 4. The quantitative estimate of drug-likeness (QED) is 0.855. The van der Waals surface area contributed by atoms with Gasteiger partial charge in [0.05, 0.1) is 6.10 Å². The summed E-state index contributed by atoms with van der Waals surface area (Å²) in [6, 6.07) is 8.39. The number of methoxy groups -OCH3 is 1. The summed E-state index contributed by atoms with van der Waals surface area (Å²) < 4.78 is 11.4. The van der Waals surface area contributed by atoms with E-state index in [0.717, 1.165) is 19.3 Å². The molecule has 0 radical (unpaired) electrons. The Kier molecular flexibility index (Phi) is 4.29. The number of aromatic nitrogens is 2. The number of ether oxygens (including phenoxy) is 1. The van der Waals surface area contributed by atoms with Crippen LogP contribution in [0, 0.1) is 0 Å². The number of aryl methyl sites for hydroxylation is 1. The summed E-state index contributed by atoms with van der Waals surface area (Å²) in [4.78, 5) is 13.7. The van der Waals surface area contributed by atoms with Gasteiger partial charge >= 0.3 is 0 Å². The van der Waals surface area contributed by atoms with Crippen molar-refractivity contribution in [1.82, 2.24) is 15.1 Å². The highest BCUT2D eigenvalue weighted by atomic mass is 16.5. The number of fused-ring (bicyclic) bond motifs is 1. The van der Waals surface area contributed by atoms with Gasteiger partial charge in [0, 0.05) is 33.4 Å². The first-order valence-electron chi connectivity index (χ1n) is 8.85. The van der Waals surface area contributed by atoms with Crippen molar-refractivity contribution in [3.63, 3.8) is 0 Å². The molecule has 132 valence electrons. The van der Waals surface area contributed by atoms with Gasteiger partial charge in [-0.2, -0.15) is 0 Å². The first-order valence-corrected chi connectivity index (χ1v) is 8.85. The van der Waals surface area contributed by atoms with Crippen LogP contribution in [0.5, 0.6) is 0 Å². The van der Waals surface area contributed by atoms with E-state index in [4.69, 9.17) is 9.15 Å². The monoisotopic (exact) mass is 341 g/mol. The maximum absolute atomic E-state index is 11.9. The summed E-state index contributed by atoms with van der Waals surface area (Å²) in [5.41, 5.74) is 2.82. The van der Waals surface area contributed by atoms with Gasteiger partial charge in [0.15, 0.2) is 0 Å². The lowest BCUT2D eigenvalue weighted by molar-refractivity contribution is -0.130. The second-order valence-corrected chi connectivity index (χ2v) is 6.95. The molecular weight excluding hydrogens is 318 g/mol. The van der Waals surface area contributed by atoms with Crippen LogP contribution >= 0.6 is 0 Å². The highest BCUT2D eigenvalue weighted by Crippen LogP contribution is 2.36. The Balaban J connectivity index is 1.50. The van der Waals surface area contributed by atoms with E-state index in [9.17, 15) is 4.79 Å². The van der Waals surface area contributed by atoms with Crippen LogP contribution in [0.1, 0.15) is 54.6 Å². The number of carbonyl (C=O) groups is 1. The fraction of sp³-hybridized carbons (Fsp3) is 0.526. The summed E-state index contributed by atoms with van der Waals surface area (Å²) in [6.45, 7) is 2.14. The molecule has 2 aliphatic rings. The van der Waals surface area contributed by atoms with Crippen molar-refractivity contribution in [2.75, 3.05) is 13.7 Å². The minimum Gasteiger partial charge on any atom is -0.423 e. The van der Waals surface area contributed by atoms with Crippen molar-refractivity contribution in [3.8, 4) is 0 Å². The number of carbonyl (C=O) groups excluding carboxylic acids is 1. The smallest absolute Gasteiger partial charge is 0.239 e. The van der Waals surface area contributed by atoms with E-state index < -0.39 is 0 Å². The number of nitrogens with zero attached hydrogens (tertiary/aromatic N) is 3. The number of hydrogen-bond acceptors (Lipinski definition) is 5. The summed E-state index contributed by atoms with van der Waals surface area (Å²) in [6.07, 6.45) is 3.70. The number of amides is 1. The molecule has 1 aromatic heterocycles. The van der Waals surface area contributed by atoms with E-state index in [1.54, 1.807) is 18.9 Å². The van der Waals surface area contributed by atoms with Gasteiger partial charge in [-0.1, -0.05) is 24.3 Å². The van der Waals surface area contributed by atoms with Crippen molar-refractivity contribution < 1.29 is 13.9 Å². The van der Waals surface area contributed by atoms with Gasteiger partial charge in [-0.05, 0) is 29.9 Å². The van der Waals surface area contributed by atoms with E-state index in [0.29, 0.717) is 30.7 Å². The van der Waals surface area contributed by atoms with Crippen LogP contribution in [0.15, 0.2) is 28.7 Å². The summed E-state index contributed by atoms with van der Waals surface area (Å²) in [7, 11) is 1.67. The summed E-state index contributed by atoms with van der Waals surface area (Å²) in [5.74, 6) is 1.62. The Morgan fingerprint density at radius 1 is 1.36 bits per heavy atom. The Labute approximate surface area is 147 Å². The molecule has 1 saturated heterocycles. The molecule has 0 N–H and O–H groups in total. The summed E-state index contributed by atoms with van der Waals surface area (Å²) in [5, 5.41) is 8.48. The molecule has 2 heterocycles. The Morgan fingerprint density at radius 2 is 2.20 bits per heavy atom. The topological polar surface area (TPSA) is 68.5 Å². The predicted molar refractivity (Wildman–Crippen MR) is 91.0 cm³/mol. The van der Waals surface area contributed by atoms with Gasteiger partial charge < -0.3 is 14.1 Å². The zero-order valence-electron chi connectivity index (χ0n) is 14.6. The fourth-order valence-corrected chi connectivity index (χ4v) is 4.10. The highest BCUT2D eigenvalue weighted by molar-refractivity contribution is 5.74. The first-order chi connectivity index (χ1) is 12.2. The van der Waals surface area contributed by atoms with E-state index in [1.165, 1.54) is 11.1 Å². The van der Waals surface area contributed by atoms with Crippen LogP contribution in [0.25, 0.3) is 0 Å². The van der Waals surface area contributed by atoms with Crippen molar-refractivity contribution >= 4 is 5.91 Å². The molecule has 1 amide bonds. The average Bonchev–Trinajstić information content (AvgIpc) is 3.33. The molecule has 1 fully saturated rings. The van der Waals surface area contributed by atoms with Crippen molar-refractivity contribution in [2.45, 2.75) is 50.7 Å². The van der Waals surface area contributed by atoms with Gasteiger partial charge in [-0.15, -0.1) is 10.2 Å². The van der Waals surface area contributed by atoms with Crippen LogP contribution in [0.2, 0.25) is 0 Å². The second kappa shape index (κ2) is 6.59. The standard InChI is InChI=1S/C19H23N3O3/c1-12(23)22-11-15(24-2)10-17(22)19-21-20-18(25-19)9-14-8-7-13-5-3-4-6-16(13)14/h3-6,14-15,17H,7-11H2,1-2H3/t14-,15+,17-/m1/s1. The molecule has 1 aliphatic carbocycles. The number of likely N-dealkylation sites (tertiary alicyclic amines) is 1. The number of hydrogen-bond donors (Lipinski definition) is 0. The SMILES string of the molecule is CO[C@H]1C[C@H](c2nnc(C[C@H]3CCc4ccccc43)o2)N(C(C)=O)C1. The van der Waals surface area contributed by atoms with Crippen LogP contribution in [0.4, 0.5) is 0 Å². The molecule has 1 aliphatic heterocycles. The van der Waals surface area contributed by atoms with E-state index in [1.807, 2.05) is 0 Å². The second-order valence-electron chi connectivity index (χ2n) is 6.95. The van der Waals surface area contributed by atoms with Gasteiger partial charge in [0.25, 0.3) is 0 Å².